The van der Waals surface area contributed by atoms with Crippen LogP contribution in [0.25, 0.3) is 98.4 Å². The first-order chi connectivity index (χ1) is 24.8. The Hall–Kier alpha value is -6.50. The van der Waals surface area contributed by atoms with Crippen LogP contribution in [0, 0.1) is 0 Å². The molecule has 0 aliphatic heterocycles. The topological polar surface area (TPSA) is 0 Å². The van der Waals surface area contributed by atoms with Gasteiger partial charge in [-0.1, -0.05) is 182 Å². The summed E-state index contributed by atoms with van der Waals surface area (Å²) in [6.07, 6.45) is 0. The van der Waals surface area contributed by atoms with E-state index >= 15 is 0 Å². The highest BCUT2D eigenvalue weighted by Gasteiger charge is 2.19. The first kappa shape index (κ1) is 28.5. The van der Waals surface area contributed by atoms with Gasteiger partial charge in [0, 0.05) is 0 Å². The SMILES string of the molecule is c1cc(-c2ccc3ccccc3c2)cc(-c2c3ccccc3c(-c3ccc(-c4cccc5ccccc45)cc3)c3ccc4ccccc4c23)c1. The maximum absolute atomic E-state index is 2.38. The van der Waals surface area contributed by atoms with E-state index in [4.69, 9.17) is 0 Å². The Labute approximate surface area is 291 Å². The van der Waals surface area contributed by atoms with Crippen molar-refractivity contribution in [2.24, 2.45) is 0 Å². The van der Waals surface area contributed by atoms with Crippen LogP contribution in [0.1, 0.15) is 0 Å². The van der Waals surface area contributed by atoms with E-state index in [0.29, 0.717) is 0 Å². The van der Waals surface area contributed by atoms with Crippen LogP contribution in [0.5, 0.6) is 0 Å². The molecule has 0 heterocycles. The third-order valence-electron chi connectivity index (χ3n) is 10.4. The van der Waals surface area contributed by atoms with Gasteiger partial charge in [-0.25, -0.2) is 0 Å². The molecule has 10 aromatic carbocycles. The minimum Gasteiger partial charge on any atom is -0.0616 e. The Balaban J connectivity index is 1.22. The van der Waals surface area contributed by atoms with Crippen molar-refractivity contribution < 1.29 is 0 Å². The molecule has 10 rings (SSSR count). The molecule has 0 atom stereocenters. The first-order valence-electron chi connectivity index (χ1n) is 17.3. The van der Waals surface area contributed by atoms with Crippen molar-refractivity contribution in [3.8, 4) is 44.5 Å². The fraction of sp³-hybridized carbons (Fsp3) is 0. The molecular formula is C50H32. The van der Waals surface area contributed by atoms with Gasteiger partial charge in [0.1, 0.15) is 0 Å². The van der Waals surface area contributed by atoms with Crippen LogP contribution in [0.15, 0.2) is 194 Å². The third-order valence-corrected chi connectivity index (χ3v) is 10.4. The zero-order chi connectivity index (χ0) is 33.0. The van der Waals surface area contributed by atoms with Gasteiger partial charge in [-0.05, 0) is 111 Å². The van der Waals surface area contributed by atoms with E-state index in [2.05, 4.69) is 194 Å². The van der Waals surface area contributed by atoms with Crippen LogP contribution >= 0.6 is 0 Å². The Bertz CT molecular complexity index is 2900. The van der Waals surface area contributed by atoms with Gasteiger partial charge in [-0.15, -0.1) is 0 Å². The molecule has 0 unspecified atom stereocenters. The summed E-state index contributed by atoms with van der Waals surface area (Å²) < 4.78 is 0. The minimum atomic E-state index is 1.22. The van der Waals surface area contributed by atoms with Gasteiger partial charge in [-0.2, -0.15) is 0 Å². The molecule has 50 heavy (non-hydrogen) atoms. The monoisotopic (exact) mass is 632 g/mol. The van der Waals surface area contributed by atoms with Crippen LogP contribution in [-0.4, -0.2) is 0 Å². The van der Waals surface area contributed by atoms with E-state index in [1.165, 1.54) is 98.4 Å². The van der Waals surface area contributed by atoms with Crippen molar-refractivity contribution in [2.45, 2.75) is 0 Å². The largest absolute Gasteiger partial charge is 0.0616 e. The zero-order valence-electron chi connectivity index (χ0n) is 27.5. The molecule has 0 saturated carbocycles. The summed E-state index contributed by atoms with van der Waals surface area (Å²) in [5, 5.41) is 12.7. The van der Waals surface area contributed by atoms with E-state index in [9.17, 15) is 0 Å². The van der Waals surface area contributed by atoms with E-state index in [-0.39, 0.29) is 0 Å². The van der Waals surface area contributed by atoms with Gasteiger partial charge < -0.3 is 0 Å². The smallest absolute Gasteiger partial charge is 0.00141 e. The lowest BCUT2D eigenvalue weighted by molar-refractivity contribution is 1.62. The highest BCUT2D eigenvalue weighted by molar-refractivity contribution is 6.28. The molecule has 0 amide bonds. The molecule has 0 N–H and O–H groups in total. The summed E-state index contributed by atoms with van der Waals surface area (Å²) in [5.41, 5.74) is 9.95. The molecule has 0 nitrogen and oxygen atoms in total. The summed E-state index contributed by atoms with van der Waals surface area (Å²) in [6, 6.07) is 71.4. The lowest BCUT2D eigenvalue weighted by Gasteiger charge is -2.20. The van der Waals surface area contributed by atoms with Gasteiger partial charge >= 0.3 is 0 Å². The second-order valence-electron chi connectivity index (χ2n) is 13.3. The Morgan fingerprint density at radius 2 is 0.740 bits per heavy atom. The number of hydrogen-bond acceptors (Lipinski definition) is 0. The second kappa shape index (κ2) is 11.6. The summed E-state index contributed by atoms with van der Waals surface area (Å²) in [7, 11) is 0. The maximum Gasteiger partial charge on any atom is -0.00141 e. The molecule has 0 saturated heterocycles. The van der Waals surface area contributed by atoms with Gasteiger partial charge in [0.15, 0.2) is 0 Å². The Kier molecular flexibility index (Phi) is 6.60. The number of hydrogen-bond donors (Lipinski definition) is 0. The van der Waals surface area contributed by atoms with Crippen molar-refractivity contribution in [2.75, 3.05) is 0 Å². The minimum absolute atomic E-state index is 1.22. The van der Waals surface area contributed by atoms with Crippen LogP contribution in [0.2, 0.25) is 0 Å². The van der Waals surface area contributed by atoms with Crippen molar-refractivity contribution in [1.29, 1.82) is 0 Å². The lowest BCUT2D eigenvalue weighted by Crippen LogP contribution is -1.92. The average Bonchev–Trinajstić information content (AvgIpc) is 3.19. The lowest BCUT2D eigenvalue weighted by atomic mass is 9.83. The third kappa shape index (κ3) is 4.61. The number of fused-ring (bicyclic) bond motifs is 6. The first-order valence-corrected chi connectivity index (χ1v) is 17.3. The Morgan fingerprint density at radius 3 is 1.54 bits per heavy atom. The molecule has 0 aliphatic rings. The molecule has 0 fully saturated rings. The fourth-order valence-electron chi connectivity index (χ4n) is 8.08. The molecule has 0 aromatic heterocycles. The van der Waals surface area contributed by atoms with Crippen LogP contribution in [-0.2, 0) is 0 Å². The highest BCUT2D eigenvalue weighted by atomic mass is 14.2. The predicted molar refractivity (Wildman–Crippen MR) is 216 cm³/mol. The maximum atomic E-state index is 2.38. The fourth-order valence-corrected chi connectivity index (χ4v) is 8.08. The Morgan fingerprint density at radius 1 is 0.220 bits per heavy atom. The van der Waals surface area contributed by atoms with E-state index in [0.717, 1.165) is 0 Å². The van der Waals surface area contributed by atoms with E-state index in [1.54, 1.807) is 0 Å². The molecule has 232 valence electrons. The summed E-state index contributed by atoms with van der Waals surface area (Å²) in [4.78, 5) is 0. The van der Waals surface area contributed by atoms with Crippen LogP contribution < -0.4 is 0 Å². The van der Waals surface area contributed by atoms with Gasteiger partial charge in [0.05, 0.1) is 0 Å². The summed E-state index contributed by atoms with van der Waals surface area (Å²) in [5.74, 6) is 0. The highest BCUT2D eigenvalue weighted by Crippen LogP contribution is 2.47. The number of benzene rings is 10. The zero-order valence-corrected chi connectivity index (χ0v) is 27.5. The average molecular weight is 633 g/mol. The normalized spacial score (nSPS) is 11.6. The van der Waals surface area contributed by atoms with Gasteiger partial charge in [0.25, 0.3) is 0 Å². The molecule has 0 aliphatic carbocycles. The van der Waals surface area contributed by atoms with Crippen molar-refractivity contribution >= 4 is 53.9 Å². The van der Waals surface area contributed by atoms with Gasteiger partial charge in [0.2, 0.25) is 0 Å². The molecular weight excluding hydrogens is 601 g/mol. The van der Waals surface area contributed by atoms with Crippen LogP contribution in [0.4, 0.5) is 0 Å². The second-order valence-corrected chi connectivity index (χ2v) is 13.3. The molecule has 0 radical (unpaired) electrons. The van der Waals surface area contributed by atoms with E-state index in [1.807, 2.05) is 0 Å². The molecule has 0 spiro atoms. The quantitative estimate of drug-likeness (QED) is 0.134. The molecule has 10 aromatic rings. The molecule has 0 heteroatoms. The number of rotatable bonds is 4. The molecule has 0 bridgehead atoms. The van der Waals surface area contributed by atoms with Crippen molar-refractivity contribution in [1.82, 2.24) is 0 Å². The predicted octanol–water partition coefficient (Wildman–Crippen LogP) is 14.1. The van der Waals surface area contributed by atoms with Crippen LogP contribution in [0.3, 0.4) is 0 Å². The standard InChI is InChI=1S/C50H32/c1-2-14-38-31-40(28-23-33(38)11-1)39-16-9-17-41(32-39)49-46-21-8-7-20-45(46)48(47-30-29-35-13-4-6-19-44(35)50(47)49)37-26-24-36(25-27-37)43-22-10-15-34-12-3-5-18-42(34)43/h1-32H. The van der Waals surface area contributed by atoms with Crippen molar-refractivity contribution in [3.05, 3.63) is 194 Å². The van der Waals surface area contributed by atoms with Crippen molar-refractivity contribution in [3.63, 3.8) is 0 Å². The summed E-state index contributed by atoms with van der Waals surface area (Å²) in [6.45, 7) is 0. The summed E-state index contributed by atoms with van der Waals surface area (Å²) >= 11 is 0. The van der Waals surface area contributed by atoms with E-state index < -0.39 is 0 Å². The van der Waals surface area contributed by atoms with Gasteiger partial charge in [-0.3, -0.25) is 0 Å².